The normalized spacial score (nSPS) is 10.7. The second-order valence-electron chi connectivity index (χ2n) is 3.87. The summed E-state index contributed by atoms with van der Waals surface area (Å²) in [6.07, 6.45) is 0. The third kappa shape index (κ3) is 3.57. The Balaban J connectivity index is 2.23. The van der Waals surface area contributed by atoms with Gasteiger partial charge in [0.1, 0.15) is 5.02 Å². The number of nitro benzene ring substituents is 2. The molecule has 0 N–H and O–H groups in total. The molecule has 0 aliphatic carbocycles. The van der Waals surface area contributed by atoms with Crippen LogP contribution in [0.5, 0.6) is 0 Å². The van der Waals surface area contributed by atoms with Crippen LogP contribution in [0.2, 0.25) is 5.02 Å². The van der Waals surface area contributed by atoms with Crippen molar-refractivity contribution < 1.29 is 9.85 Å². The van der Waals surface area contributed by atoms with Gasteiger partial charge < -0.3 is 0 Å². The summed E-state index contributed by atoms with van der Waals surface area (Å²) in [7, 11) is 0. The van der Waals surface area contributed by atoms with E-state index in [1.54, 1.807) is 0 Å². The molecule has 0 amide bonds. The Morgan fingerprint density at radius 3 is 2.00 bits per heavy atom. The van der Waals surface area contributed by atoms with Crippen molar-refractivity contribution in [2.75, 3.05) is 0 Å². The second kappa shape index (κ2) is 6.06. The first-order valence-corrected chi connectivity index (χ1v) is 5.95. The Kier molecular flexibility index (Phi) is 4.19. The molecule has 0 radical (unpaired) electrons. The maximum Gasteiger partial charge on any atom is 0.290 e. The van der Waals surface area contributed by atoms with E-state index in [2.05, 4.69) is 10.2 Å². The quantitative estimate of drug-likeness (QED) is 0.467. The Morgan fingerprint density at radius 2 is 1.43 bits per heavy atom. The van der Waals surface area contributed by atoms with Gasteiger partial charge in [0.2, 0.25) is 0 Å². The van der Waals surface area contributed by atoms with Crippen LogP contribution in [0.15, 0.2) is 52.7 Å². The Bertz CT molecular complexity index is 731. The average Bonchev–Trinajstić information content (AvgIpc) is 2.46. The van der Waals surface area contributed by atoms with Crippen LogP contribution in [0.4, 0.5) is 22.7 Å². The van der Waals surface area contributed by atoms with Gasteiger partial charge >= 0.3 is 0 Å². The van der Waals surface area contributed by atoms with E-state index in [9.17, 15) is 20.2 Å². The van der Waals surface area contributed by atoms with E-state index in [-0.39, 0.29) is 22.1 Å². The van der Waals surface area contributed by atoms with Gasteiger partial charge in [-0.3, -0.25) is 20.2 Å². The summed E-state index contributed by atoms with van der Waals surface area (Å²) in [5.41, 5.74) is 0.315. The van der Waals surface area contributed by atoms with Gasteiger partial charge in [0.15, 0.2) is 0 Å². The zero-order valence-electron chi connectivity index (χ0n) is 10.3. The molecular formula is C12H7ClN4O4. The van der Waals surface area contributed by atoms with Crippen LogP contribution in [0, 0.1) is 20.2 Å². The highest BCUT2D eigenvalue weighted by Crippen LogP contribution is 2.29. The molecule has 9 heteroatoms. The molecule has 2 aromatic carbocycles. The number of halogens is 1. The van der Waals surface area contributed by atoms with Crippen LogP contribution in [0.1, 0.15) is 0 Å². The fraction of sp³-hybridized carbons (Fsp3) is 0. The first-order chi connectivity index (χ1) is 9.97. The standard InChI is InChI=1S/C12H7ClN4O4/c13-11-6-3-9(7-12(11)17(20)21)15-14-8-1-4-10(5-2-8)16(18)19/h1-7H. The third-order valence-electron chi connectivity index (χ3n) is 2.47. The summed E-state index contributed by atoms with van der Waals surface area (Å²) in [6, 6.07) is 9.45. The number of benzene rings is 2. The molecule has 0 atom stereocenters. The zero-order valence-corrected chi connectivity index (χ0v) is 11.1. The number of nitro groups is 2. The van der Waals surface area contributed by atoms with Gasteiger partial charge in [-0.2, -0.15) is 10.2 Å². The maximum absolute atomic E-state index is 10.7. The molecule has 106 valence electrons. The average molecular weight is 307 g/mol. The summed E-state index contributed by atoms with van der Waals surface area (Å²) < 4.78 is 0. The molecule has 0 aliphatic rings. The maximum atomic E-state index is 10.7. The molecule has 0 saturated carbocycles. The predicted octanol–water partition coefficient (Wildman–Crippen LogP) is 4.57. The highest BCUT2D eigenvalue weighted by molar-refractivity contribution is 6.32. The first-order valence-electron chi connectivity index (χ1n) is 5.57. The molecule has 0 fully saturated rings. The molecule has 2 aromatic rings. The van der Waals surface area contributed by atoms with E-state index in [1.165, 1.54) is 42.5 Å². The van der Waals surface area contributed by atoms with Gasteiger partial charge in [-0.15, -0.1) is 0 Å². The van der Waals surface area contributed by atoms with Gasteiger partial charge in [0.05, 0.1) is 21.2 Å². The Morgan fingerprint density at radius 1 is 0.857 bits per heavy atom. The van der Waals surface area contributed by atoms with Crippen molar-refractivity contribution >= 4 is 34.4 Å². The van der Waals surface area contributed by atoms with Crippen LogP contribution in [-0.4, -0.2) is 9.85 Å². The van der Waals surface area contributed by atoms with E-state index >= 15 is 0 Å². The SMILES string of the molecule is O=[N+]([O-])c1ccc(N=Nc2ccc(Cl)c([N+](=O)[O-])c2)cc1. The van der Waals surface area contributed by atoms with Crippen molar-refractivity contribution in [1.82, 2.24) is 0 Å². The molecule has 0 spiro atoms. The van der Waals surface area contributed by atoms with Gasteiger partial charge in [0.25, 0.3) is 11.4 Å². The lowest BCUT2D eigenvalue weighted by molar-refractivity contribution is -0.384. The van der Waals surface area contributed by atoms with Crippen molar-refractivity contribution in [3.05, 3.63) is 67.7 Å². The number of hydrogen-bond acceptors (Lipinski definition) is 6. The van der Waals surface area contributed by atoms with Crippen molar-refractivity contribution in [2.24, 2.45) is 10.2 Å². The third-order valence-corrected chi connectivity index (χ3v) is 2.79. The summed E-state index contributed by atoms with van der Waals surface area (Å²) in [5.74, 6) is 0. The topological polar surface area (TPSA) is 111 Å². The number of azo groups is 1. The first kappa shape index (κ1) is 14.5. The molecular weight excluding hydrogens is 300 g/mol. The summed E-state index contributed by atoms with van der Waals surface area (Å²) >= 11 is 5.68. The van der Waals surface area contributed by atoms with E-state index < -0.39 is 9.85 Å². The Labute approximate surface area is 123 Å². The minimum absolute atomic E-state index is 0.00860. The fourth-order valence-electron chi connectivity index (χ4n) is 1.46. The highest BCUT2D eigenvalue weighted by atomic mass is 35.5. The number of rotatable bonds is 4. The molecule has 2 rings (SSSR count). The molecule has 0 heterocycles. The molecule has 0 aromatic heterocycles. The Hall–Kier alpha value is -2.87. The van der Waals surface area contributed by atoms with E-state index in [4.69, 9.17) is 11.6 Å². The number of nitrogens with zero attached hydrogens (tertiary/aromatic N) is 4. The molecule has 0 bridgehead atoms. The van der Waals surface area contributed by atoms with E-state index in [1.807, 2.05) is 0 Å². The van der Waals surface area contributed by atoms with Gasteiger partial charge in [-0.1, -0.05) is 11.6 Å². The zero-order chi connectivity index (χ0) is 15.4. The van der Waals surface area contributed by atoms with Crippen molar-refractivity contribution in [3.8, 4) is 0 Å². The van der Waals surface area contributed by atoms with Gasteiger partial charge in [-0.25, -0.2) is 0 Å². The van der Waals surface area contributed by atoms with Crippen LogP contribution in [0.3, 0.4) is 0 Å². The number of non-ortho nitro benzene ring substituents is 1. The highest BCUT2D eigenvalue weighted by Gasteiger charge is 2.12. The molecule has 0 unspecified atom stereocenters. The largest absolute Gasteiger partial charge is 0.290 e. The van der Waals surface area contributed by atoms with Crippen LogP contribution in [-0.2, 0) is 0 Å². The van der Waals surface area contributed by atoms with Gasteiger partial charge in [0, 0.05) is 18.2 Å². The molecule has 8 nitrogen and oxygen atoms in total. The molecule has 21 heavy (non-hydrogen) atoms. The lowest BCUT2D eigenvalue weighted by atomic mass is 10.3. The number of hydrogen-bond donors (Lipinski definition) is 0. The van der Waals surface area contributed by atoms with Crippen molar-refractivity contribution in [2.45, 2.75) is 0 Å². The summed E-state index contributed by atoms with van der Waals surface area (Å²) in [4.78, 5) is 20.1. The van der Waals surface area contributed by atoms with Crippen LogP contribution < -0.4 is 0 Å². The second-order valence-corrected chi connectivity index (χ2v) is 4.27. The van der Waals surface area contributed by atoms with Crippen LogP contribution in [0.25, 0.3) is 0 Å². The minimum Gasteiger partial charge on any atom is -0.258 e. The monoisotopic (exact) mass is 306 g/mol. The van der Waals surface area contributed by atoms with Crippen molar-refractivity contribution in [1.29, 1.82) is 0 Å². The van der Waals surface area contributed by atoms with Crippen LogP contribution >= 0.6 is 11.6 Å². The fourth-order valence-corrected chi connectivity index (χ4v) is 1.65. The van der Waals surface area contributed by atoms with E-state index in [0.717, 1.165) is 0 Å². The summed E-state index contributed by atoms with van der Waals surface area (Å²) in [6.45, 7) is 0. The van der Waals surface area contributed by atoms with Crippen molar-refractivity contribution in [3.63, 3.8) is 0 Å². The van der Waals surface area contributed by atoms with Gasteiger partial charge in [-0.05, 0) is 24.3 Å². The minimum atomic E-state index is -0.618. The predicted molar refractivity (Wildman–Crippen MR) is 75.4 cm³/mol. The summed E-state index contributed by atoms with van der Waals surface area (Å²) in [5, 5.41) is 28.9. The lowest BCUT2D eigenvalue weighted by Gasteiger charge is -1.96. The lowest BCUT2D eigenvalue weighted by Crippen LogP contribution is -1.87. The molecule has 0 saturated heterocycles. The van der Waals surface area contributed by atoms with E-state index in [0.29, 0.717) is 5.69 Å². The molecule has 0 aliphatic heterocycles. The smallest absolute Gasteiger partial charge is 0.258 e.